The fourth-order valence-corrected chi connectivity index (χ4v) is 1.40. The van der Waals surface area contributed by atoms with Gasteiger partial charge in [-0.25, -0.2) is 0 Å². The van der Waals surface area contributed by atoms with Gasteiger partial charge in [0.1, 0.15) is 0 Å². The molecule has 1 rings (SSSR count). The maximum absolute atomic E-state index is 5.25. The van der Waals surface area contributed by atoms with E-state index in [1.165, 1.54) is 0 Å². The zero-order chi connectivity index (χ0) is 13.5. The normalized spacial score (nSPS) is 9.63. The van der Waals surface area contributed by atoms with Gasteiger partial charge in [-0.05, 0) is 24.4 Å². The summed E-state index contributed by atoms with van der Waals surface area (Å²) in [4.78, 5) is 0. The van der Waals surface area contributed by atoms with E-state index in [0.717, 1.165) is 5.56 Å². The summed E-state index contributed by atoms with van der Waals surface area (Å²) >= 11 is 4.63. The smallest absolute Gasteiger partial charge is 0.203 e. The highest BCUT2D eigenvalue weighted by Gasteiger charge is 2.12. The van der Waals surface area contributed by atoms with E-state index >= 15 is 0 Å². The molecule has 1 aromatic carbocycles. The number of benzene rings is 1. The highest BCUT2D eigenvalue weighted by Crippen LogP contribution is 2.37. The molecular weight excluding hydrogens is 270 g/mol. The molecule has 0 aromatic heterocycles. The molecule has 0 radical (unpaired) electrons. The average molecular weight is 287 g/mol. The second-order valence-corrected chi connectivity index (χ2v) is 3.63. The summed E-state index contributed by atoms with van der Waals surface area (Å²) in [5, 5.41) is 3.95. The molecule has 8 heteroatoms. The number of rotatable bonds is 5. The van der Waals surface area contributed by atoms with Crippen molar-refractivity contribution >= 4 is 23.5 Å². The summed E-state index contributed by atoms with van der Waals surface area (Å²) in [6.07, 6.45) is 1.55. The van der Waals surface area contributed by atoms with Gasteiger partial charge in [-0.2, -0.15) is 5.10 Å². The van der Waals surface area contributed by atoms with Crippen LogP contribution < -0.4 is 25.4 Å². The maximum Gasteiger partial charge on any atom is 0.203 e. The van der Waals surface area contributed by atoms with Crippen LogP contribution in [-0.4, -0.2) is 38.1 Å². The van der Waals surface area contributed by atoms with E-state index in [0.29, 0.717) is 17.2 Å². The Labute approximate surface area is 116 Å². The molecule has 0 aliphatic heterocycles. The molecular formula is C11H17N3O4S. The van der Waals surface area contributed by atoms with Gasteiger partial charge >= 0.3 is 0 Å². The Hall–Kier alpha value is -2.06. The largest absolute Gasteiger partial charge is 0.493 e. The van der Waals surface area contributed by atoms with Crippen molar-refractivity contribution in [3.63, 3.8) is 0 Å². The van der Waals surface area contributed by atoms with Crippen molar-refractivity contribution in [3.05, 3.63) is 17.7 Å². The van der Waals surface area contributed by atoms with E-state index in [-0.39, 0.29) is 10.6 Å². The van der Waals surface area contributed by atoms with E-state index in [9.17, 15) is 0 Å². The van der Waals surface area contributed by atoms with E-state index in [4.69, 9.17) is 19.9 Å². The molecule has 0 amide bonds. The summed E-state index contributed by atoms with van der Waals surface area (Å²) in [6, 6.07) is 3.51. The van der Waals surface area contributed by atoms with E-state index < -0.39 is 0 Å². The minimum atomic E-state index is 0. The summed E-state index contributed by atoms with van der Waals surface area (Å²) < 4.78 is 15.6. The van der Waals surface area contributed by atoms with Gasteiger partial charge in [0.25, 0.3) is 0 Å². The van der Waals surface area contributed by atoms with Crippen molar-refractivity contribution in [3.8, 4) is 17.2 Å². The summed E-state index contributed by atoms with van der Waals surface area (Å²) in [6.45, 7) is 0. The lowest BCUT2D eigenvalue weighted by molar-refractivity contribution is 0.324. The standard InChI is InChI=1S/C11H15N3O3S.H2O/c1-15-8-4-7(6-13-14-11(12)18)5-9(16-2)10(8)17-3;/h4-6H,1-3H3,(H3,12,14,18);1H2/b13-6+;. The van der Waals surface area contributed by atoms with Crippen LogP contribution in [0.3, 0.4) is 0 Å². The first-order chi connectivity index (χ1) is 8.62. The fourth-order valence-electron chi connectivity index (χ4n) is 1.35. The Balaban J connectivity index is 0.00000324. The molecule has 0 atom stereocenters. The maximum atomic E-state index is 5.25. The van der Waals surface area contributed by atoms with Crippen LogP contribution in [0.25, 0.3) is 0 Å². The monoisotopic (exact) mass is 287 g/mol. The molecule has 19 heavy (non-hydrogen) atoms. The van der Waals surface area contributed by atoms with E-state index in [1.54, 1.807) is 39.7 Å². The van der Waals surface area contributed by atoms with Crippen LogP contribution in [0.2, 0.25) is 0 Å². The second kappa shape index (κ2) is 8.11. The molecule has 5 N–H and O–H groups in total. The van der Waals surface area contributed by atoms with Crippen LogP contribution in [0.15, 0.2) is 17.2 Å². The van der Waals surface area contributed by atoms with Gasteiger partial charge in [0, 0.05) is 5.56 Å². The third-order valence-corrected chi connectivity index (χ3v) is 2.17. The Kier molecular flexibility index (Phi) is 7.23. The van der Waals surface area contributed by atoms with Crippen LogP contribution in [0.5, 0.6) is 17.2 Å². The van der Waals surface area contributed by atoms with Crippen LogP contribution in [0.1, 0.15) is 5.56 Å². The van der Waals surface area contributed by atoms with E-state index in [1.807, 2.05) is 0 Å². The third kappa shape index (κ3) is 4.60. The Morgan fingerprint density at radius 3 is 2.11 bits per heavy atom. The number of nitrogens with two attached hydrogens (primary N) is 1. The predicted molar refractivity (Wildman–Crippen MR) is 77.2 cm³/mol. The Morgan fingerprint density at radius 2 is 1.74 bits per heavy atom. The van der Waals surface area contributed by atoms with Crippen molar-refractivity contribution in [2.45, 2.75) is 0 Å². The summed E-state index contributed by atoms with van der Waals surface area (Å²) in [7, 11) is 4.64. The number of nitrogens with zero attached hydrogens (tertiary/aromatic N) is 1. The lowest BCUT2D eigenvalue weighted by Gasteiger charge is -2.12. The SMILES string of the molecule is COc1cc(/C=N/NC(N)=S)cc(OC)c1OC.O. The van der Waals surface area contributed by atoms with Gasteiger partial charge in [0.15, 0.2) is 16.6 Å². The minimum absolute atomic E-state index is 0. The van der Waals surface area contributed by atoms with Crippen LogP contribution in [0.4, 0.5) is 0 Å². The van der Waals surface area contributed by atoms with Crippen LogP contribution in [0, 0.1) is 0 Å². The molecule has 1 aromatic rings. The molecule has 0 unspecified atom stereocenters. The first-order valence-electron chi connectivity index (χ1n) is 5.01. The second-order valence-electron chi connectivity index (χ2n) is 3.19. The molecule has 0 bridgehead atoms. The third-order valence-electron chi connectivity index (χ3n) is 2.08. The topological polar surface area (TPSA) is 110 Å². The molecule has 0 saturated carbocycles. The first kappa shape index (κ1) is 16.9. The Morgan fingerprint density at radius 1 is 1.21 bits per heavy atom. The van der Waals surface area contributed by atoms with Gasteiger partial charge in [0.2, 0.25) is 5.75 Å². The predicted octanol–water partition coefficient (Wildman–Crippen LogP) is 0.0548. The molecule has 106 valence electrons. The number of hydrogen-bond donors (Lipinski definition) is 2. The van der Waals surface area contributed by atoms with Gasteiger partial charge < -0.3 is 25.4 Å². The quantitative estimate of drug-likeness (QED) is 0.450. The van der Waals surface area contributed by atoms with Gasteiger partial charge in [0.05, 0.1) is 27.5 Å². The van der Waals surface area contributed by atoms with E-state index in [2.05, 4.69) is 22.7 Å². The molecule has 0 heterocycles. The Bertz CT molecular complexity index is 440. The zero-order valence-corrected chi connectivity index (χ0v) is 11.7. The van der Waals surface area contributed by atoms with Gasteiger partial charge in [-0.3, -0.25) is 5.43 Å². The first-order valence-corrected chi connectivity index (χ1v) is 5.41. The van der Waals surface area contributed by atoms with Crippen molar-refractivity contribution in [1.29, 1.82) is 0 Å². The van der Waals surface area contributed by atoms with Crippen molar-refractivity contribution in [2.75, 3.05) is 21.3 Å². The number of hydrogen-bond acceptors (Lipinski definition) is 5. The molecule has 7 nitrogen and oxygen atoms in total. The number of ether oxygens (including phenoxy) is 3. The molecule has 0 aliphatic rings. The zero-order valence-electron chi connectivity index (χ0n) is 10.9. The highest BCUT2D eigenvalue weighted by molar-refractivity contribution is 7.80. The van der Waals surface area contributed by atoms with Crippen LogP contribution in [-0.2, 0) is 0 Å². The van der Waals surface area contributed by atoms with Crippen LogP contribution >= 0.6 is 12.2 Å². The van der Waals surface area contributed by atoms with Crippen molar-refractivity contribution in [1.82, 2.24) is 5.43 Å². The molecule has 0 saturated heterocycles. The van der Waals surface area contributed by atoms with Crippen molar-refractivity contribution in [2.24, 2.45) is 10.8 Å². The number of hydrazone groups is 1. The lowest BCUT2D eigenvalue weighted by Crippen LogP contribution is -2.23. The van der Waals surface area contributed by atoms with Crippen molar-refractivity contribution < 1.29 is 19.7 Å². The lowest BCUT2D eigenvalue weighted by atomic mass is 10.2. The minimum Gasteiger partial charge on any atom is -0.493 e. The number of thiocarbonyl (C=S) groups is 1. The highest BCUT2D eigenvalue weighted by atomic mass is 32.1. The molecule has 0 spiro atoms. The number of methoxy groups -OCH3 is 3. The fraction of sp³-hybridized carbons (Fsp3) is 0.273. The van der Waals surface area contributed by atoms with Gasteiger partial charge in [-0.15, -0.1) is 0 Å². The molecule has 0 aliphatic carbocycles. The molecule has 0 fully saturated rings. The number of nitrogens with one attached hydrogen (secondary N) is 1. The van der Waals surface area contributed by atoms with Gasteiger partial charge in [-0.1, -0.05) is 0 Å². The summed E-state index contributed by atoms with van der Waals surface area (Å²) in [5.41, 5.74) is 8.47. The average Bonchev–Trinajstić information content (AvgIpc) is 2.36. The summed E-state index contributed by atoms with van der Waals surface area (Å²) in [5.74, 6) is 1.63.